The normalized spacial score (nSPS) is 14.3. The molecule has 1 aromatic heterocycles. The van der Waals surface area contributed by atoms with Gasteiger partial charge in [0.05, 0.1) is 14.2 Å². The lowest BCUT2D eigenvalue weighted by Crippen LogP contribution is -2.45. The molecule has 2 heterocycles. The van der Waals surface area contributed by atoms with Crippen LogP contribution in [0.25, 0.3) is 0 Å². The molecule has 31 heavy (non-hydrogen) atoms. The van der Waals surface area contributed by atoms with E-state index >= 15 is 0 Å². The summed E-state index contributed by atoms with van der Waals surface area (Å²) in [4.78, 5) is 27.1. The van der Waals surface area contributed by atoms with Crippen LogP contribution in [-0.4, -0.2) is 82.4 Å². The van der Waals surface area contributed by atoms with E-state index in [0.717, 1.165) is 44.8 Å². The number of aromatic nitrogens is 1. The van der Waals surface area contributed by atoms with Crippen LogP contribution in [0.15, 0.2) is 36.7 Å². The average Bonchev–Trinajstić information content (AvgIpc) is 2.77. The average molecular weight is 433 g/mol. The maximum Gasteiger partial charge on any atom is 0.414 e. The second-order valence-electron chi connectivity index (χ2n) is 6.87. The number of nitrogens with zero attached hydrogens (tertiary/aromatic N) is 3. The third-order valence-electron chi connectivity index (χ3n) is 4.75. The van der Waals surface area contributed by atoms with E-state index in [2.05, 4.69) is 26.9 Å². The van der Waals surface area contributed by atoms with Crippen molar-refractivity contribution in [3.63, 3.8) is 0 Å². The number of carboxylic acid groups (broad SMARTS) is 2. The van der Waals surface area contributed by atoms with Gasteiger partial charge in [-0.3, -0.25) is 14.8 Å². The fourth-order valence-corrected chi connectivity index (χ4v) is 3.15. The smallest absolute Gasteiger partial charge is 0.414 e. The predicted octanol–water partition coefficient (Wildman–Crippen LogP) is 1.28. The molecule has 0 atom stereocenters. The minimum absolute atomic E-state index is 0.0518. The van der Waals surface area contributed by atoms with Crippen LogP contribution in [0.1, 0.15) is 11.1 Å². The molecule has 0 spiro atoms. The Bertz CT molecular complexity index is 832. The first-order valence-electron chi connectivity index (χ1n) is 9.57. The number of ether oxygens (including phenoxy) is 2. The molecular formula is C21H27N3O7. The molecule has 0 radical (unpaired) electrons. The molecule has 1 fully saturated rings. The van der Waals surface area contributed by atoms with Crippen molar-refractivity contribution in [3.05, 3.63) is 47.8 Å². The summed E-state index contributed by atoms with van der Waals surface area (Å²) in [6.07, 6.45) is 3.69. The number of piperazine rings is 1. The summed E-state index contributed by atoms with van der Waals surface area (Å²) in [6.45, 7) is 5.88. The highest BCUT2D eigenvalue weighted by atomic mass is 16.5. The molecular weight excluding hydrogens is 406 g/mol. The number of carboxylic acids is 2. The number of aliphatic carboxylic acids is 2. The standard InChI is InChI=1S/C19H25N3O3.C2H2O4/c1-24-17-11-16(12-18(25-2)19(17)23)14-22-9-7-21(8-10-22)13-15-3-5-20-6-4-15;3-1(4)2(5)6/h3-6,11-12,23H,7-10,13-14H2,1-2H3;(H,3,4)(H,5,6). The Kier molecular flexibility index (Phi) is 9.04. The molecule has 3 N–H and O–H groups in total. The van der Waals surface area contributed by atoms with Crippen LogP contribution in [0, 0.1) is 0 Å². The summed E-state index contributed by atoms with van der Waals surface area (Å²) in [6, 6.07) is 7.89. The highest BCUT2D eigenvalue weighted by Gasteiger charge is 2.19. The van der Waals surface area contributed by atoms with Crippen LogP contribution in [0.4, 0.5) is 0 Å². The lowest BCUT2D eigenvalue weighted by atomic mass is 10.1. The minimum Gasteiger partial charge on any atom is -0.502 e. The monoisotopic (exact) mass is 433 g/mol. The highest BCUT2D eigenvalue weighted by Crippen LogP contribution is 2.37. The number of hydrogen-bond donors (Lipinski definition) is 3. The zero-order valence-electron chi connectivity index (χ0n) is 17.5. The van der Waals surface area contributed by atoms with E-state index in [9.17, 15) is 5.11 Å². The summed E-state index contributed by atoms with van der Waals surface area (Å²) < 4.78 is 10.5. The van der Waals surface area contributed by atoms with Gasteiger partial charge in [0.25, 0.3) is 0 Å². The van der Waals surface area contributed by atoms with Crippen molar-refractivity contribution in [2.75, 3.05) is 40.4 Å². The van der Waals surface area contributed by atoms with Crippen molar-refractivity contribution in [2.24, 2.45) is 0 Å². The van der Waals surface area contributed by atoms with E-state index in [1.807, 2.05) is 24.5 Å². The van der Waals surface area contributed by atoms with Crippen LogP contribution < -0.4 is 9.47 Å². The van der Waals surface area contributed by atoms with Gasteiger partial charge in [-0.1, -0.05) is 0 Å². The third kappa shape index (κ3) is 7.43. The number of phenols is 1. The van der Waals surface area contributed by atoms with E-state index in [1.54, 1.807) is 14.2 Å². The summed E-state index contributed by atoms with van der Waals surface area (Å²) in [5, 5.41) is 24.8. The maximum atomic E-state index is 10.0. The fourth-order valence-electron chi connectivity index (χ4n) is 3.15. The van der Waals surface area contributed by atoms with Crippen molar-refractivity contribution < 1.29 is 34.4 Å². The summed E-state index contributed by atoms with van der Waals surface area (Å²) >= 11 is 0. The number of carbonyl (C=O) groups is 2. The van der Waals surface area contributed by atoms with E-state index in [4.69, 9.17) is 29.3 Å². The summed E-state index contributed by atoms with van der Waals surface area (Å²) in [5.74, 6) is -2.70. The number of aromatic hydroxyl groups is 1. The Labute approximate surface area is 180 Å². The second-order valence-corrected chi connectivity index (χ2v) is 6.87. The van der Waals surface area contributed by atoms with Gasteiger partial charge in [0.15, 0.2) is 11.5 Å². The van der Waals surface area contributed by atoms with Gasteiger partial charge in [-0.2, -0.15) is 0 Å². The van der Waals surface area contributed by atoms with E-state index in [-0.39, 0.29) is 5.75 Å². The largest absolute Gasteiger partial charge is 0.502 e. The maximum absolute atomic E-state index is 10.0. The first-order valence-corrected chi connectivity index (χ1v) is 9.57. The van der Waals surface area contributed by atoms with Gasteiger partial charge in [0.2, 0.25) is 5.75 Å². The van der Waals surface area contributed by atoms with Gasteiger partial charge in [0, 0.05) is 51.7 Å². The van der Waals surface area contributed by atoms with Crippen LogP contribution in [-0.2, 0) is 22.7 Å². The molecule has 0 saturated carbocycles. The van der Waals surface area contributed by atoms with Crippen molar-refractivity contribution >= 4 is 11.9 Å². The van der Waals surface area contributed by atoms with E-state index in [0.29, 0.717) is 11.5 Å². The van der Waals surface area contributed by atoms with Gasteiger partial charge in [-0.25, -0.2) is 9.59 Å². The Morgan fingerprint density at radius 3 is 1.68 bits per heavy atom. The van der Waals surface area contributed by atoms with Crippen molar-refractivity contribution in [1.82, 2.24) is 14.8 Å². The molecule has 1 aliphatic heterocycles. The number of rotatable bonds is 6. The van der Waals surface area contributed by atoms with Gasteiger partial charge in [-0.15, -0.1) is 0 Å². The molecule has 1 aromatic carbocycles. The van der Waals surface area contributed by atoms with Gasteiger partial charge >= 0.3 is 11.9 Å². The molecule has 0 unspecified atom stereocenters. The zero-order valence-corrected chi connectivity index (χ0v) is 17.5. The van der Waals surface area contributed by atoms with Gasteiger partial charge in [-0.05, 0) is 35.4 Å². The number of hydrogen-bond acceptors (Lipinski definition) is 8. The van der Waals surface area contributed by atoms with Crippen LogP contribution >= 0.6 is 0 Å². The molecule has 2 aromatic rings. The lowest BCUT2D eigenvalue weighted by molar-refractivity contribution is -0.159. The van der Waals surface area contributed by atoms with Gasteiger partial charge in [0.1, 0.15) is 0 Å². The third-order valence-corrected chi connectivity index (χ3v) is 4.75. The van der Waals surface area contributed by atoms with Crippen molar-refractivity contribution in [1.29, 1.82) is 0 Å². The number of benzene rings is 1. The van der Waals surface area contributed by atoms with Crippen LogP contribution in [0.3, 0.4) is 0 Å². The molecule has 10 heteroatoms. The van der Waals surface area contributed by atoms with E-state index < -0.39 is 11.9 Å². The topological polar surface area (TPSA) is 133 Å². The SMILES string of the molecule is COc1cc(CN2CCN(Cc3ccncc3)CC2)cc(OC)c1O.O=C(O)C(=O)O. The Morgan fingerprint density at radius 1 is 0.871 bits per heavy atom. The molecule has 168 valence electrons. The van der Waals surface area contributed by atoms with Gasteiger partial charge < -0.3 is 24.8 Å². The van der Waals surface area contributed by atoms with Crippen LogP contribution in [0.5, 0.6) is 17.2 Å². The Balaban J connectivity index is 0.000000501. The summed E-state index contributed by atoms with van der Waals surface area (Å²) in [7, 11) is 3.10. The lowest BCUT2D eigenvalue weighted by Gasteiger charge is -2.34. The highest BCUT2D eigenvalue weighted by molar-refractivity contribution is 6.27. The molecule has 1 aliphatic rings. The molecule has 1 saturated heterocycles. The Morgan fingerprint density at radius 2 is 1.29 bits per heavy atom. The number of methoxy groups -OCH3 is 2. The number of phenolic OH excluding ortho intramolecular Hbond substituents is 1. The fraction of sp³-hybridized carbons (Fsp3) is 0.381. The molecule has 0 bridgehead atoms. The molecule has 10 nitrogen and oxygen atoms in total. The summed E-state index contributed by atoms with van der Waals surface area (Å²) in [5.41, 5.74) is 2.38. The van der Waals surface area contributed by atoms with Crippen molar-refractivity contribution in [3.8, 4) is 17.2 Å². The number of pyridine rings is 1. The zero-order chi connectivity index (χ0) is 22.8. The molecule has 0 amide bonds. The first-order chi connectivity index (χ1) is 14.8. The second kappa shape index (κ2) is 11.7. The quantitative estimate of drug-likeness (QED) is 0.572. The van der Waals surface area contributed by atoms with Crippen molar-refractivity contribution in [2.45, 2.75) is 13.1 Å². The Hall–Kier alpha value is -3.37. The predicted molar refractivity (Wildman–Crippen MR) is 111 cm³/mol. The first kappa shape index (κ1) is 23.9. The molecule has 3 rings (SSSR count). The molecule has 0 aliphatic carbocycles. The van der Waals surface area contributed by atoms with Crippen LogP contribution in [0.2, 0.25) is 0 Å². The van der Waals surface area contributed by atoms with E-state index in [1.165, 1.54) is 5.56 Å². The minimum atomic E-state index is -1.82.